The molecule has 1 rings (SSSR count). The largest absolute Gasteiger partial charge is 0.384 e. The van der Waals surface area contributed by atoms with Crippen molar-refractivity contribution in [1.29, 1.82) is 5.41 Å². The number of amidine groups is 1. The van der Waals surface area contributed by atoms with Crippen LogP contribution in [0.25, 0.3) is 0 Å². The van der Waals surface area contributed by atoms with Gasteiger partial charge in [-0.2, -0.15) is 0 Å². The summed E-state index contributed by atoms with van der Waals surface area (Å²) in [7, 11) is 0. The Labute approximate surface area is 89.4 Å². The van der Waals surface area contributed by atoms with E-state index in [1.807, 2.05) is 36.0 Å². The highest BCUT2D eigenvalue weighted by atomic mass is 32.2. The Balaban J connectivity index is 2.79. The smallest absolute Gasteiger partial charge is 0.122 e. The standard InChI is InChI=1S/C11H16N2S/c1-11(2,3)14-9-6-4-8(5-7-9)10(12)13/h4-7H,1-3H3,(H3,12,13). The van der Waals surface area contributed by atoms with Crippen molar-refractivity contribution in [2.75, 3.05) is 0 Å². The summed E-state index contributed by atoms with van der Waals surface area (Å²) >= 11 is 1.81. The van der Waals surface area contributed by atoms with Crippen LogP contribution in [-0.4, -0.2) is 10.6 Å². The van der Waals surface area contributed by atoms with E-state index in [4.69, 9.17) is 11.1 Å². The molecular formula is C11H16N2S. The minimum absolute atomic E-state index is 0.123. The molecule has 3 N–H and O–H groups in total. The van der Waals surface area contributed by atoms with E-state index in [1.54, 1.807) is 0 Å². The van der Waals surface area contributed by atoms with E-state index in [0.29, 0.717) is 0 Å². The summed E-state index contributed by atoms with van der Waals surface area (Å²) in [6, 6.07) is 7.78. The Hall–Kier alpha value is -0.960. The van der Waals surface area contributed by atoms with Gasteiger partial charge in [0.1, 0.15) is 5.84 Å². The molecule has 0 aliphatic heterocycles. The predicted octanol–water partition coefficient (Wildman–Crippen LogP) is 2.86. The second kappa shape index (κ2) is 4.05. The van der Waals surface area contributed by atoms with Crippen molar-refractivity contribution < 1.29 is 0 Å². The van der Waals surface area contributed by atoms with Crippen molar-refractivity contribution in [3.05, 3.63) is 29.8 Å². The highest BCUT2D eigenvalue weighted by Gasteiger charge is 2.11. The first kappa shape index (κ1) is 11.1. The fraction of sp³-hybridized carbons (Fsp3) is 0.364. The summed E-state index contributed by atoms with van der Waals surface area (Å²) in [5.74, 6) is 0.123. The molecule has 0 amide bonds. The molecule has 0 bridgehead atoms. The van der Waals surface area contributed by atoms with Gasteiger partial charge in [0.2, 0.25) is 0 Å². The number of nitrogens with one attached hydrogen (secondary N) is 1. The summed E-state index contributed by atoms with van der Waals surface area (Å²) in [5.41, 5.74) is 6.15. The quantitative estimate of drug-likeness (QED) is 0.446. The summed E-state index contributed by atoms with van der Waals surface area (Å²) in [6.07, 6.45) is 0. The number of thioether (sulfide) groups is 1. The van der Waals surface area contributed by atoms with Crippen LogP contribution in [0, 0.1) is 5.41 Å². The van der Waals surface area contributed by atoms with Crippen LogP contribution in [-0.2, 0) is 0 Å². The molecule has 0 aliphatic rings. The molecule has 2 nitrogen and oxygen atoms in total. The molecule has 0 fully saturated rings. The van der Waals surface area contributed by atoms with Crippen molar-refractivity contribution in [1.82, 2.24) is 0 Å². The molecule has 0 radical (unpaired) electrons. The van der Waals surface area contributed by atoms with Crippen molar-refractivity contribution in [2.45, 2.75) is 30.4 Å². The maximum Gasteiger partial charge on any atom is 0.122 e. The summed E-state index contributed by atoms with van der Waals surface area (Å²) in [5, 5.41) is 7.26. The SMILES string of the molecule is CC(C)(C)Sc1ccc(C(=N)N)cc1. The lowest BCUT2D eigenvalue weighted by Gasteiger charge is -2.17. The second-order valence-electron chi connectivity index (χ2n) is 4.15. The fourth-order valence-electron chi connectivity index (χ4n) is 1.06. The van der Waals surface area contributed by atoms with E-state index < -0.39 is 0 Å². The molecule has 0 saturated carbocycles. The number of hydrogen-bond acceptors (Lipinski definition) is 2. The van der Waals surface area contributed by atoms with E-state index in [1.165, 1.54) is 4.90 Å². The van der Waals surface area contributed by atoms with Gasteiger partial charge in [-0.3, -0.25) is 5.41 Å². The Morgan fingerprint density at radius 2 is 1.71 bits per heavy atom. The van der Waals surface area contributed by atoms with Crippen molar-refractivity contribution in [2.24, 2.45) is 5.73 Å². The predicted molar refractivity (Wildman–Crippen MR) is 63.1 cm³/mol. The van der Waals surface area contributed by atoms with Crippen LogP contribution >= 0.6 is 11.8 Å². The van der Waals surface area contributed by atoms with Gasteiger partial charge in [0.15, 0.2) is 0 Å². The zero-order valence-electron chi connectivity index (χ0n) is 8.79. The van der Waals surface area contributed by atoms with E-state index in [2.05, 4.69) is 20.8 Å². The van der Waals surface area contributed by atoms with Gasteiger partial charge in [0.05, 0.1) is 0 Å². The fourth-order valence-corrected chi connectivity index (χ4v) is 2.04. The third kappa shape index (κ3) is 3.42. The molecule has 0 aliphatic carbocycles. The van der Waals surface area contributed by atoms with Gasteiger partial charge in [-0.05, 0) is 12.1 Å². The number of rotatable bonds is 2. The van der Waals surface area contributed by atoms with Crippen LogP contribution in [0.3, 0.4) is 0 Å². The highest BCUT2D eigenvalue weighted by Crippen LogP contribution is 2.31. The van der Waals surface area contributed by atoms with E-state index in [0.717, 1.165) is 5.56 Å². The van der Waals surface area contributed by atoms with Crippen LogP contribution in [0.1, 0.15) is 26.3 Å². The molecule has 1 aromatic rings. The zero-order valence-corrected chi connectivity index (χ0v) is 9.61. The summed E-state index contributed by atoms with van der Waals surface area (Å²) in [4.78, 5) is 1.21. The van der Waals surface area contributed by atoms with Gasteiger partial charge >= 0.3 is 0 Å². The zero-order chi connectivity index (χ0) is 10.8. The molecule has 0 atom stereocenters. The monoisotopic (exact) mass is 208 g/mol. The first-order valence-electron chi connectivity index (χ1n) is 4.52. The summed E-state index contributed by atoms with van der Waals surface area (Å²) in [6.45, 7) is 6.53. The Bertz CT molecular complexity index is 322. The Kier molecular flexibility index (Phi) is 3.21. The average Bonchev–Trinajstić information content (AvgIpc) is 2.02. The second-order valence-corrected chi connectivity index (χ2v) is 6.05. The van der Waals surface area contributed by atoms with Crippen LogP contribution in [0.4, 0.5) is 0 Å². The molecular weight excluding hydrogens is 192 g/mol. The van der Waals surface area contributed by atoms with Gasteiger partial charge in [-0.1, -0.05) is 32.9 Å². The third-order valence-electron chi connectivity index (χ3n) is 1.59. The first-order valence-corrected chi connectivity index (χ1v) is 5.33. The van der Waals surface area contributed by atoms with Crippen LogP contribution in [0.5, 0.6) is 0 Å². The molecule has 76 valence electrons. The summed E-state index contributed by atoms with van der Waals surface area (Å²) < 4.78 is 0.220. The Morgan fingerprint density at radius 3 is 2.07 bits per heavy atom. The van der Waals surface area contributed by atoms with Gasteiger partial charge in [0, 0.05) is 15.2 Å². The van der Waals surface area contributed by atoms with Gasteiger partial charge in [-0.15, -0.1) is 11.8 Å². The number of hydrogen-bond donors (Lipinski definition) is 2. The normalized spacial score (nSPS) is 11.4. The maximum atomic E-state index is 7.26. The molecule has 0 unspecified atom stereocenters. The molecule has 0 aromatic heterocycles. The highest BCUT2D eigenvalue weighted by molar-refractivity contribution is 8.00. The topological polar surface area (TPSA) is 49.9 Å². The lowest BCUT2D eigenvalue weighted by atomic mass is 10.2. The van der Waals surface area contributed by atoms with Crippen molar-refractivity contribution in [3.63, 3.8) is 0 Å². The molecule has 14 heavy (non-hydrogen) atoms. The van der Waals surface area contributed by atoms with Crippen LogP contribution < -0.4 is 5.73 Å². The third-order valence-corrected chi connectivity index (χ3v) is 2.71. The van der Waals surface area contributed by atoms with Crippen LogP contribution in [0.2, 0.25) is 0 Å². The Morgan fingerprint density at radius 1 is 1.21 bits per heavy atom. The van der Waals surface area contributed by atoms with Crippen LogP contribution in [0.15, 0.2) is 29.2 Å². The minimum atomic E-state index is 0.123. The van der Waals surface area contributed by atoms with E-state index >= 15 is 0 Å². The van der Waals surface area contributed by atoms with Gasteiger partial charge < -0.3 is 5.73 Å². The molecule has 0 heterocycles. The lowest BCUT2D eigenvalue weighted by Crippen LogP contribution is -2.11. The van der Waals surface area contributed by atoms with Gasteiger partial charge in [0.25, 0.3) is 0 Å². The lowest BCUT2D eigenvalue weighted by molar-refractivity contribution is 0.803. The van der Waals surface area contributed by atoms with E-state index in [9.17, 15) is 0 Å². The number of nitrogen functional groups attached to an aromatic ring is 1. The molecule has 0 spiro atoms. The van der Waals surface area contributed by atoms with Crippen molar-refractivity contribution in [3.8, 4) is 0 Å². The molecule has 3 heteroatoms. The minimum Gasteiger partial charge on any atom is -0.384 e. The molecule has 0 saturated heterocycles. The number of nitrogens with two attached hydrogens (primary N) is 1. The maximum absolute atomic E-state index is 7.26. The first-order chi connectivity index (χ1) is 6.38. The van der Waals surface area contributed by atoms with Crippen molar-refractivity contribution >= 4 is 17.6 Å². The molecule has 1 aromatic carbocycles. The van der Waals surface area contributed by atoms with Gasteiger partial charge in [-0.25, -0.2) is 0 Å². The number of benzene rings is 1. The van der Waals surface area contributed by atoms with E-state index in [-0.39, 0.29) is 10.6 Å². The average molecular weight is 208 g/mol.